The number of methoxy groups -OCH3 is 1. The number of ether oxygens (including phenoxy) is 2. The summed E-state index contributed by atoms with van der Waals surface area (Å²) in [4.78, 5) is 19.0. The molecular weight excluding hydrogens is 396 g/mol. The van der Waals surface area contributed by atoms with Crippen LogP contribution in [-0.4, -0.2) is 41.4 Å². The maximum atomic E-state index is 12.0. The van der Waals surface area contributed by atoms with Crippen molar-refractivity contribution < 1.29 is 18.8 Å². The lowest BCUT2D eigenvalue weighted by Crippen LogP contribution is -2.29. The van der Waals surface area contributed by atoms with Crippen molar-refractivity contribution in [1.29, 1.82) is 0 Å². The Morgan fingerprint density at radius 2 is 1.90 bits per heavy atom. The Labute approximate surface area is 181 Å². The zero-order chi connectivity index (χ0) is 21.8. The van der Waals surface area contributed by atoms with Crippen LogP contribution in [0.15, 0.2) is 52.0 Å². The number of allylic oxidation sites excluding steroid dienone is 3. The quantitative estimate of drug-likeness (QED) is 0.715. The molecule has 0 spiro atoms. The van der Waals surface area contributed by atoms with Gasteiger partial charge in [-0.2, -0.15) is 4.98 Å². The molecule has 2 aliphatic heterocycles. The highest BCUT2D eigenvalue weighted by atomic mass is 16.7. The van der Waals surface area contributed by atoms with Crippen molar-refractivity contribution >= 4 is 11.7 Å². The van der Waals surface area contributed by atoms with Gasteiger partial charge in [-0.1, -0.05) is 41.9 Å². The minimum Gasteiger partial charge on any atom is -0.437 e. The number of nitrogens with zero attached hydrogens (tertiary/aromatic N) is 3. The third-order valence-corrected chi connectivity index (χ3v) is 5.70. The Balaban J connectivity index is 1.69. The summed E-state index contributed by atoms with van der Waals surface area (Å²) in [6.45, 7) is 6.60. The van der Waals surface area contributed by atoms with E-state index >= 15 is 0 Å². The molecule has 31 heavy (non-hydrogen) atoms. The number of benzene rings is 1. The summed E-state index contributed by atoms with van der Waals surface area (Å²) in [5.41, 5.74) is 3.34. The lowest BCUT2D eigenvalue weighted by Gasteiger charge is -2.29. The van der Waals surface area contributed by atoms with Gasteiger partial charge in [0.1, 0.15) is 5.76 Å². The van der Waals surface area contributed by atoms with Crippen LogP contribution in [0.1, 0.15) is 56.3 Å². The van der Waals surface area contributed by atoms with Gasteiger partial charge in [-0.25, -0.2) is 4.79 Å². The average Bonchev–Trinajstić information content (AvgIpc) is 3.24. The minimum atomic E-state index is -0.771. The molecule has 1 aromatic heterocycles. The molecule has 1 saturated heterocycles. The van der Waals surface area contributed by atoms with Gasteiger partial charge in [0.25, 0.3) is 5.89 Å². The molecular formula is C23H28N4O4. The SMILES string of the molecule is COC(=O)OC1=C(C)NC(C)=C(c2nc(CN3CCCCC3)no2)C1c1ccccc1. The first-order chi connectivity index (χ1) is 15.1. The smallest absolute Gasteiger partial charge is 0.437 e. The molecule has 8 heteroatoms. The van der Waals surface area contributed by atoms with E-state index in [1.54, 1.807) is 0 Å². The molecule has 0 bridgehead atoms. The van der Waals surface area contributed by atoms with E-state index in [2.05, 4.69) is 15.4 Å². The van der Waals surface area contributed by atoms with E-state index in [1.165, 1.54) is 26.4 Å². The van der Waals surface area contributed by atoms with Gasteiger partial charge in [0, 0.05) is 5.70 Å². The molecule has 4 rings (SSSR count). The van der Waals surface area contributed by atoms with E-state index < -0.39 is 6.16 Å². The summed E-state index contributed by atoms with van der Waals surface area (Å²) in [5.74, 6) is 1.15. The van der Waals surface area contributed by atoms with Crippen molar-refractivity contribution in [3.05, 3.63) is 64.8 Å². The summed E-state index contributed by atoms with van der Waals surface area (Å²) in [6.07, 6.45) is 2.91. The highest BCUT2D eigenvalue weighted by Gasteiger charge is 2.36. The monoisotopic (exact) mass is 424 g/mol. The standard InChI is InChI=1S/C23H28N4O4/c1-15-19(22-25-18(26-31-22)14-27-12-8-5-9-13-27)20(17-10-6-4-7-11-17)21(16(2)24-15)30-23(28)29-3/h4,6-7,10-11,20,24H,5,8-9,12-14H2,1-3H3. The average molecular weight is 425 g/mol. The van der Waals surface area contributed by atoms with Gasteiger partial charge in [-0.05, 0) is 45.3 Å². The van der Waals surface area contributed by atoms with Crippen LogP contribution in [0.5, 0.6) is 0 Å². The number of hydrogen-bond donors (Lipinski definition) is 1. The maximum absolute atomic E-state index is 12.0. The number of nitrogens with one attached hydrogen (secondary N) is 1. The first kappa shape index (κ1) is 21.1. The zero-order valence-corrected chi connectivity index (χ0v) is 18.2. The summed E-state index contributed by atoms with van der Waals surface area (Å²) in [5, 5.41) is 7.52. The van der Waals surface area contributed by atoms with E-state index in [-0.39, 0.29) is 5.92 Å². The number of carbonyl (C=O) groups excluding carboxylic acids is 1. The van der Waals surface area contributed by atoms with E-state index in [0.717, 1.165) is 35.6 Å². The zero-order valence-electron chi connectivity index (χ0n) is 18.2. The van der Waals surface area contributed by atoms with Crippen LogP contribution in [0.4, 0.5) is 4.79 Å². The summed E-state index contributed by atoms with van der Waals surface area (Å²) in [7, 11) is 1.29. The van der Waals surface area contributed by atoms with E-state index in [0.29, 0.717) is 24.0 Å². The number of piperidine rings is 1. The fourth-order valence-electron chi connectivity index (χ4n) is 4.23. The maximum Gasteiger partial charge on any atom is 0.513 e. The normalized spacial score (nSPS) is 19.9. The van der Waals surface area contributed by atoms with Gasteiger partial charge in [-0.3, -0.25) is 4.90 Å². The number of rotatable bonds is 5. The Kier molecular flexibility index (Phi) is 6.36. The van der Waals surface area contributed by atoms with Gasteiger partial charge in [-0.15, -0.1) is 0 Å². The third-order valence-electron chi connectivity index (χ3n) is 5.70. The number of aromatic nitrogens is 2. The van der Waals surface area contributed by atoms with E-state index in [1.807, 2.05) is 44.2 Å². The minimum absolute atomic E-state index is 0.384. The molecule has 2 aromatic rings. The third kappa shape index (κ3) is 4.64. The molecule has 1 fully saturated rings. The Morgan fingerprint density at radius 3 is 2.61 bits per heavy atom. The van der Waals surface area contributed by atoms with Gasteiger partial charge in [0.05, 0.1) is 30.8 Å². The van der Waals surface area contributed by atoms with E-state index in [4.69, 9.17) is 19.0 Å². The number of hydrogen-bond acceptors (Lipinski definition) is 8. The van der Waals surface area contributed by atoms with Crippen molar-refractivity contribution in [3.8, 4) is 0 Å². The highest BCUT2D eigenvalue weighted by molar-refractivity contribution is 5.75. The van der Waals surface area contributed by atoms with Crippen LogP contribution in [0.2, 0.25) is 0 Å². The van der Waals surface area contributed by atoms with Crippen LogP contribution < -0.4 is 5.32 Å². The van der Waals surface area contributed by atoms with Crippen molar-refractivity contribution in [2.24, 2.45) is 0 Å². The lowest BCUT2D eigenvalue weighted by atomic mass is 9.85. The van der Waals surface area contributed by atoms with Crippen LogP contribution in [0, 0.1) is 0 Å². The van der Waals surface area contributed by atoms with Gasteiger partial charge >= 0.3 is 6.16 Å². The van der Waals surface area contributed by atoms with Gasteiger partial charge in [0.15, 0.2) is 5.82 Å². The molecule has 164 valence electrons. The molecule has 0 radical (unpaired) electrons. The summed E-state index contributed by atoms with van der Waals surface area (Å²) in [6, 6.07) is 9.82. The predicted octanol–water partition coefficient (Wildman–Crippen LogP) is 4.19. The Bertz CT molecular complexity index is 990. The molecule has 0 amide bonds. The number of dihydropyridines is 1. The molecule has 0 saturated carbocycles. The predicted molar refractivity (Wildman–Crippen MR) is 115 cm³/mol. The van der Waals surface area contributed by atoms with Crippen molar-refractivity contribution in [3.63, 3.8) is 0 Å². The van der Waals surface area contributed by atoms with Gasteiger partial charge < -0.3 is 19.3 Å². The molecule has 8 nitrogen and oxygen atoms in total. The second-order valence-electron chi connectivity index (χ2n) is 7.91. The van der Waals surface area contributed by atoms with Crippen molar-refractivity contribution in [2.45, 2.75) is 45.6 Å². The molecule has 1 aromatic carbocycles. The highest BCUT2D eigenvalue weighted by Crippen LogP contribution is 2.43. The molecule has 1 N–H and O–H groups in total. The molecule has 0 aliphatic carbocycles. The Hall–Kier alpha value is -3.13. The Morgan fingerprint density at radius 1 is 1.16 bits per heavy atom. The first-order valence-corrected chi connectivity index (χ1v) is 10.6. The molecule has 1 unspecified atom stereocenters. The van der Waals surface area contributed by atoms with Crippen LogP contribution in [-0.2, 0) is 16.0 Å². The lowest BCUT2D eigenvalue weighted by molar-refractivity contribution is 0.0928. The van der Waals surface area contributed by atoms with E-state index in [9.17, 15) is 4.79 Å². The largest absolute Gasteiger partial charge is 0.513 e. The van der Waals surface area contributed by atoms with Crippen LogP contribution in [0.25, 0.3) is 5.57 Å². The number of likely N-dealkylation sites (tertiary alicyclic amines) is 1. The van der Waals surface area contributed by atoms with Gasteiger partial charge in [0.2, 0.25) is 0 Å². The summed E-state index contributed by atoms with van der Waals surface area (Å²) < 4.78 is 16.0. The van der Waals surface area contributed by atoms with Crippen molar-refractivity contribution in [2.75, 3.05) is 20.2 Å². The summed E-state index contributed by atoms with van der Waals surface area (Å²) >= 11 is 0. The fraction of sp³-hybridized carbons (Fsp3) is 0.435. The molecule has 3 heterocycles. The van der Waals surface area contributed by atoms with Crippen LogP contribution >= 0.6 is 0 Å². The van der Waals surface area contributed by atoms with Crippen molar-refractivity contribution in [1.82, 2.24) is 20.4 Å². The topological polar surface area (TPSA) is 89.7 Å². The molecule has 1 atom stereocenters. The second-order valence-corrected chi connectivity index (χ2v) is 7.91. The van der Waals surface area contributed by atoms with Crippen LogP contribution in [0.3, 0.4) is 0 Å². The number of carbonyl (C=O) groups is 1. The molecule has 2 aliphatic rings. The first-order valence-electron chi connectivity index (χ1n) is 10.6. The fourth-order valence-corrected chi connectivity index (χ4v) is 4.23. The second kappa shape index (κ2) is 9.34.